The Morgan fingerprint density at radius 3 is 2.43 bits per heavy atom. The van der Waals surface area contributed by atoms with Crippen molar-refractivity contribution >= 4 is 67.8 Å². The molecule has 0 unspecified atom stereocenters. The molecular weight excluding hydrogens is 471 g/mol. The van der Waals surface area contributed by atoms with E-state index in [9.17, 15) is 18.0 Å². The van der Waals surface area contributed by atoms with Crippen molar-refractivity contribution in [3.05, 3.63) is 75.6 Å². The molecule has 0 fully saturated rings. The molecule has 1 amide bonds. The minimum absolute atomic E-state index is 0.0359. The first kappa shape index (κ1) is 22.1. The number of esters is 1. The van der Waals surface area contributed by atoms with Crippen molar-refractivity contribution in [3.8, 4) is 0 Å². The average Bonchev–Trinajstić information content (AvgIpc) is 3.26. The summed E-state index contributed by atoms with van der Waals surface area (Å²) >= 11 is 12.9. The van der Waals surface area contributed by atoms with Crippen LogP contribution in [-0.2, 0) is 19.6 Å². The molecule has 2 N–H and O–H groups in total. The normalized spacial score (nSPS) is 11.0. The summed E-state index contributed by atoms with van der Waals surface area (Å²) in [7, 11) is -3.85. The van der Waals surface area contributed by atoms with E-state index in [0.29, 0.717) is 0 Å². The standard InChI is InChI=1S/C19H14Cl2N2O5S2/c20-13-6-3-8-15(18(13)21)22-16(24)11-28-19(25)12-5-1-2-7-14(12)23-30(26,27)17-9-4-10-29-17/h1-10,23H,11H2,(H,22,24). The number of para-hydroxylation sites is 1. The maximum absolute atomic E-state index is 12.4. The first-order valence-corrected chi connectivity index (χ1v) is 11.5. The van der Waals surface area contributed by atoms with Gasteiger partial charge in [-0.2, -0.15) is 0 Å². The van der Waals surface area contributed by atoms with Gasteiger partial charge in [0.1, 0.15) is 4.21 Å². The zero-order valence-corrected chi connectivity index (χ0v) is 18.2. The van der Waals surface area contributed by atoms with Gasteiger partial charge >= 0.3 is 5.97 Å². The smallest absolute Gasteiger partial charge is 0.340 e. The molecule has 0 aliphatic carbocycles. The maximum Gasteiger partial charge on any atom is 0.340 e. The van der Waals surface area contributed by atoms with Crippen molar-refractivity contribution in [2.24, 2.45) is 0 Å². The lowest BCUT2D eigenvalue weighted by Crippen LogP contribution is -2.22. The third-order valence-corrected chi connectivity index (χ3v) is 7.29. The molecule has 0 saturated heterocycles. The van der Waals surface area contributed by atoms with Gasteiger partial charge in [0.05, 0.1) is 27.0 Å². The topological polar surface area (TPSA) is 102 Å². The van der Waals surface area contributed by atoms with E-state index >= 15 is 0 Å². The maximum atomic E-state index is 12.4. The summed E-state index contributed by atoms with van der Waals surface area (Å²) in [5, 5.41) is 4.53. The zero-order valence-electron chi connectivity index (χ0n) is 15.1. The summed E-state index contributed by atoms with van der Waals surface area (Å²) in [5.41, 5.74) is 0.273. The van der Waals surface area contributed by atoms with Crippen molar-refractivity contribution in [2.75, 3.05) is 16.6 Å². The van der Waals surface area contributed by atoms with Crippen LogP contribution in [0.2, 0.25) is 10.0 Å². The number of nitrogens with one attached hydrogen (secondary N) is 2. The molecule has 3 rings (SSSR count). The first-order chi connectivity index (χ1) is 14.3. The number of ether oxygens (including phenoxy) is 1. The molecule has 0 bridgehead atoms. The fourth-order valence-electron chi connectivity index (χ4n) is 2.36. The molecule has 0 radical (unpaired) electrons. The SMILES string of the molecule is O=C(COC(=O)c1ccccc1NS(=O)(=O)c1cccs1)Nc1cccc(Cl)c1Cl. The van der Waals surface area contributed by atoms with E-state index in [4.69, 9.17) is 27.9 Å². The van der Waals surface area contributed by atoms with E-state index < -0.39 is 28.5 Å². The number of hydrogen-bond acceptors (Lipinski definition) is 6. The molecule has 1 aromatic heterocycles. The molecule has 0 atom stereocenters. The summed E-state index contributed by atoms with van der Waals surface area (Å²) in [6.07, 6.45) is 0. The highest BCUT2D eigenvalue weighted by Gasteiger charge is 2.20. The van der Waals surface area contributed by atoms with E-state index in [1.165, 1.54) is 18.2 Å². The molecule has 2 aromatic carbocycles. The van der Waals surface area contributed by atoms with Gasteiger partial charge in [0.25, 0.3) is 15.9 Å². The fourth-order valence-corrected chi connectivity index (χ4v) is 4.78. The quantitative estimate of drug-likeness (QED) is 0.475. The van der Waals surface area contributed by atoms with Crippen LogP contribution in [0.25, 0.3) is 0 Å². The van der Waals surface area contributed by atoms with Crippen LogP contribution < -0.4 is 10.0 Å². The summed E-state index contributed by atoms with van der Waals surface area (Å²) in [4.78, 5) is 24.5. The van der Waals surface area contributed by atoms with E-state index in [2.05, 4.69) is 10.0 Å². The number of benzene rings is 2. The molecule has 1 heterocycles. The minimum atomic E-state index is -3.85. The van der Waals surface area contributed by atoms with Gasteiger partial charge in [-0.1, -0.05) is 47.5 Å². The Kier molecular flexibility index (Phi) is 6.99. The van der Waals surface area contributed by atoms with E-state index in [-0.39, 0.29) is 31.2 Å². The van der Waals surface area contributed by atoms with Crippen LogP contribution in [0.1, 0.15) is 10.4 Å². The fraction of sp³-hybridized carbons (Fsp3) is 0.0526. The molecule has 156 valence electrons. The van der Waals surface area contributed by atoms with Crippen molar-refractivity contribution < 1.29 is 22.7 Å². The Morgan fingerprint density at radius 2 is 1.70 bits per heavy atom. The van der Waals surface area contributed by atoms with Crippen molar-refractivity contribution in [2.45, 2.75) is 4.21 Å². The number of thiophene rings is 1. The second kappa shape index (κ2) is 9.48. The molecule has 11 heteroatoms. The van der Waals surface area contributed by atoms with Crippen LogP contribution in [0.5, 0.6) is 0 Å². The van der Waals surface area contributed by atoms with Crippen LogP contribution in [0.15, 0.2) is 64.2 Å². The highest BCUT2D eigenvalue weighted by molar-refractivity contribution is 7.94. The monoisotopic (exact) mass is 484 g/mol. The highest BCUT2D eigenvalue weighted by Crippen LogP contribution is 2.29. The van der Waals surface area contributed by atoms with Gasteiger partial charge in [-0.15, -0.1) is 11.3 Å². The van der Waals surface area contributed by atoms with Gasteiger partial charge in [-0.05, 0) is 35.7 Å². The van der Waals surface area contributed by atoms with Gasteiger partial charge in [0, 0.05) is 0 Å². The largest absolute Gasteiger partial charge is 0.452 e. The number of amides is 1. The molecule has 0 aliphatic heterocycles. The minimum Gasteiger partial charge on any atom is -0.452 e. The lowest BCUT2D eigenvalue weighted by molar-refractivity contribution is -0.119. The Hall–Kier alpha value is -2.59. The van der Waals surface area contributed by atoms with Crippen LogP contribution in [0.3, 0.4) is 0 Å². The van der Waals surface area contributed by atoms with Crippen LogP contribution >= 0.6 is 34.5 Å². The van der Waals surface area contributed by atoms with E-state index in [1.54, 1.807) is 41.8 Å². The molecule has 3 aromatic rings. The zero-order chi connectivity index (χ0) is 21.7. The predicted molar refractivity (Wildman–Crippen MR) is 117 cm³/mol. The van der Waals surface area contributed by atoms with E-state index in [0.717, 1.165) is 11.3 Å². The Bertz CT molecular complexity index is 1180. The summed E-state index contributed by atoms with van der Waals surface area (Å²) in [6.45, 7) is -0.603. The number of hydrogen-bond donors (Lipinski definition) is 2. The predicted octanol–water partition coefficient (Wildman–Crippen LogP) is 4.65. The molecular formula is C19H14Cl2N2O5S2. The number of carbonyl (C=O) groups is 2. The third-order valence-electron chi connectivity index (χ3n) is 3.71. The number of rotatable bonds is 7. The second-order valence-corrected chi connectivity index (χ2v) is 9.45. The Balaban J connectivity index is 1.67. The Labute approximate surface area is 186 Å². The van der Waals surface area contributed by atoms with Crippen LogP contribution in [0.4, 0.5) is 11.4 Å². The van der Waals surface area contributed by atoms with Crippen molar-refractivity contribution in [1.82, 2.24) is 0 Å². The lowest BCUT2D eigenvalue weighted by atomic mass is 10.2. The van der Waals surface area contributed by atoms with Crippen molar-refractivity contribution in [1.29, 1.82) is 0 Å². The second-order valence-electron chi connectivity index (χ2n) is 5.81. The van der Waals surface area contributed by atoms with Gasteiger partial charge in [-0.3, -0.25) is 9.52 Å². The summed E-state index contributed by atoms with van der Waals surface area (Å²) < 4.78 is 32.3. The van der Waals surface area contributed by atoms with E-state index in [1.807, 2.05) is 0 Å². The highest BCUT2D eigenvalue weighted by atomic mass is 35.5. The number of carbonyl (C=O) groups excluding carboxylic acids is 2. The van der Waals surface area contributed by atoms with Crippen LogP contribution in [-0.4, -0.2) is 26.9 Å². The molecule has 0 saturated carbocycles. The van der Waals surface area contributed by atoms with Gasteiger partial charge in [0.2, 0.25) is 0 Å². The molecule has 0 spiro atoms. The number of sulfonamides is 1. The van der Waals surface area contributed by atoms with Crippen LogP contribution in [0, 0.1) is 0 Å². The summed E-state index contributed by atoms with van der Waals surface area (Å²) in [5.74, 6) is -1.50. The van der Waals surface area contributed by atoms with Gasteiger partial charge in [-0.25, -0.2) is 13.2 Å². The summed E-state index contributed by atoms with van der Waals surface area (Å²) in [6, 6.07) is 13.7. The van der Waals surface area contributed by atoms with Crippen molar-refractivity contribution in [3.63, 3.8) is 0 Å². The van der Waals surface area contributed by atoms with Gasteiger partial charge in [0.15, 0.2) is 6.61 Å². The molecule has 0 aliphatic rings. The molecule has 30 heavy (non-hydrogen) atoms. The molecule has 7 nitrogen and oxygen atoms in total. The Morgan fingerprint density at radius 1 is 0.967 bits per heavy atom. The first-order valence-electron chi connectivity index (χ1n) is 8.34. The van der Waals surface area contributed by atoms with Gasteiger partial charge < -0.3 is 10.1 Å². The number of anilines is 2. The average molecular weight is 485 g/mol. The lowest BCUT2D eigenvalue weighted by Gasteiger charge is -2.12. The number of halogens is 2. The third kappa shape index (κ3) is 5.31.